The van der Waals surface area contributed by atoms with E-state index in [1.54, 1.807) is 0 Å². The molecule has 1 heterocycles. The van der Waals surface area contributed by atoms with Crippen molar-refractivity contribution in [3.63, 3.8) is 0 Å². The number of nitrogens with two attached hydrogens (primary N) is 1. The van der Waals surface area contributed by atoms with Crippen LogP contribution in [0, 0.1) is 0 Å². The van der Waals surface area contributed by atoms with Crippen LogP contribution in [0.1, 0.15) is 36.9 Å². The lowest BCUT2D eigenvalue weighted by molar-refractivity contribution is -0.121. The molecule has 1 aliphatic rings. The molecule has 0 radical (unpaired) electrons. The fourth-order valence-corrected chi connectivity index (χ4v) is 3.47. The number of anilines is 1. The first-order chi connectivity index (χ1) is 12.1. The molecule has 0 aliphatic carbocycles. The molecule has 2 aromatic carbocycles. The lowest BCUT2D eigenvalue weighted by Crippen LogP contribution is -2.45. The van der Waals surface area contributed by atoms with E-state index < -0.39 is 0 Å². The van der Waals surface area contributed by atoms with Crippen LogP contribution in [0.15, 0.2) is 54.6 Å². The smallest absolute Gasteiger partial charge is 0.224 e. The second-order valence-corrected chi connectivity index (χ2v) is 6.88. The fraction of sp³-hybridized carbons (Fsp3) is 0.381. The van der Waals surface area contributed by atoms with E-state index in [0.717, 1.165) is 37.2 Å². The zero-order valence-corrected chi connectivity index (χ0v) is 17.3. The highest BCUT2D eigenvalue weighted by Gasteiger charge is 2.24. The third-order valence-corrected chi connectivity index (χ3v) is 5.07. The Morgan fingerprint density at radius 3 is 2.26 bits per heavy atom. The van der Waals surface area contributed by atoms with E-state index in [-0.39, 0.29) is 36.8 Å². The van der Waals surface area contributed by atoms with Crippen molar-refractivity contribution in [1.82, 2.24) is 10.2 Å². The van der Waals surface area contributed by atoms with Crippen molar-refractivity contribution in [2.75, 3.05) is 18.8 Å². The SMILES string of the molecule is CC(c1ccccc1)N1CCC(NC(=O)Cc2ccc(N)cc2)CC1.Cl.Cl. The Labute approximate surface area is 174 Å². The summed E-state index contributed by atoms with van der Waals surface area (Å²) < 4.78 is 0. The quantitative estimate of drug-likeness (QED) is 0.733. The molecule has 0 saturated carbocycles. The number of amides is 1. The van der Waals surface area contributed by atoms with Crippen LogP contribution in [0.5, 0.6) is 0 Å². The van der Waals surface area contributed by atoms with Gasteiger partial charge in [-0.15, -0.1) is 24.8 Å². The molecule has 1 aliphatic heterocycles. The Hall–Kier alpha value is -1.75. The largest absolute Gasteiger partial charge is 0.399 e. The Balaban J connectivity index is 0.00000182. The van der Waals surface area contributed by atoms with E-state index in [2.05, 4.69) is 47.5 Å². The third kappa shape index (κ3) is 6.73. The number of rotatable bonds is 5. The first-order valence-electron chi connectivity index (χ1n) is 9.04. The van der Waals surface area contributed by atoms with Gasteiger partial charge in [0.2, 0.25) is 5.91 Å². The standard InChI is InChI=1S/C21H27N3O.2ClH/c1-16(18-5-3-2-4-6-18)24-13-11-20(12-14-24)23-21(25)15-17-7-9-19(22)10-8-17;;/h2-10,16,20H,11-15,22H2,1H3,(H,23,25);2*1H. The average Bonchev–Trinajstić information content (AvgIpc) is 2.64. The van der Waals surface area contributed by atoms with E-state index in [9.17, 15) is 4.79 Å². The molecule has 2 aromatic rings. The van der Waals surface area contributed by atoms with Crippen LogP contribution < -0.4 is 11.1 Å². The maximum atomic E-state index is 12.2. The summed E-state index contributed by atoms with van der Waals surface area (Å²) in [5, 5.41) is 3.18. The summed E-state index contributed by atoms with van der Waals surface area (Å²) in [6.07, 6.45) is 2.43. The monoisotopic (exact) mass is 409 g/mol. The lowest BCUT2D eigenvalue weighted by Gasteiger charge is -2.36. The summed E-state index contributed by atoms with van der Waals surface area (Å²) >= 11 is 0. The number of benzene rings is 2. The van der Waals surface area contributed by atoms with Gasteiger partial charge in [0.25, 0.3) is 0 Å². The predicted octanol–water partition coefficient (Wildman–Crippen LogP) is 4.00. The van der Waals surface area contributed by atoms with Gasteiger partial charge in [0.1, 0.15) is 0 Å². The van der Waals surface area contributed by atoms with Crippen molar-refractivity contribution < 1.29 is 4.79 Å². The minimum atomic E-state index is 0. The number of hydrogen-bond donors (Lipinski definition) is 2. The molecule has 148 valence electrons. The third-order valence-electron chi connectivity index (χ3n) is 5.07. The van der Waals surface area contributed by atoms with E-state index in [1.165, 1.54) is 5.56 Å². The molecule has 0 bridgehead atoms. The second kappa shape index (κ2) is 11.2. The lowest BCUT2D eigenvalue weighted by atomic mass is 10.00. The molecule has 3 N–H and O–H groups in total. The summed E-state index contributed by atoms with van der Waals surface area (Å²) in [6.45, 7) is 4.29. The molecular weight excluding hydrogens is 381 g/mol. The van der Waals surface area contributed by atoms with Crippen LogP contribution in [0.3, 0.4) is 0 Å². The molecule has 6 heteroatoms. The van der Waals surface area contributed by atoms with Gasteiger partial charge in [-0.1, -0.05) is 42.5 Å². The zero-order valence-electron chi connectivity index (χ0n) is 15.6. The number of nitrogens with zero attached hydrogens (tertiary/aromatic N) is 1. The van der Waals surface area contributed by atoms with E-state index >= 15 is 0 Å². The van der Waals surface area contributed by atoms with E-state index in [1.807, 2.05) is 24.3 Å². The van der Waals surface area contributed by atoms with Crippen molar-refractivity contribution >= 4 is 36.4 Å². The van der Waals surface area contributed by atoms with Crippen LogP contribution >= 0.6 is 24.8 Å². The molecule has 1 atom stereocenters. The molecule has 4 nitrogen and oxygen atoms in total. The van der Waals surface area contributed by atoms with Crippen LogP contribution in [0.4, 0.5) is 5.69 Å². The Bertz CT molecular complexity index is 686. The summed E-state index contributed by atoms with van der Waals surface area (Å²) in [7, 11) is 0. The molecular formula is C21H29Cl2N3O. The van der Waals surface area contributed by atoms with Gasteiger partial charge in [0, 0.05) is 30.9 Å². The van der Waals surface area contributed by atoms with Crippen LogP contribution in [-0.4, -0.2) is 29.9 Å². The first-order valence-corrected chi connectivity index (χ1v) is 9.04. The molecule has 1 amide bonds. The second-order valence-electron chi connectivity index (χ2n) is 6.88. The number of hydrogen-bond acceptors (Lipinski definition) is 3. The van der Waals surface area contributed by atoms with Crippen molar-refractivity contribution in [3.05, 3.63) is 65.7 Å². The van der Waals surface area contributed by atoms with Gasteiger partial charge >= 0.3 is 0 Å². The Morgan fingerprint density at radius 1 is 1.07 bits per heavy atom. The summed E-state index contributed by atoms with van der Waals surface area (Å²) in [4.78, 5) is 14.7. The molecule has 1 unspecified atom stereocenters. The normalized spacial score (nSPS) is 15.9. The highest BCUT2D eigenvalue weighted by molar-refractivity contribution is 5.85. The van der Waals surface area contributed by atoms with E-state index in [0.29, 0.717) is 12.5 Å². The maximum Gasteiger partial charge on any atom is 0.224 e. The maximum absolute atomic E-state index is 12.2. The number of halogens is 2. The molecule has 0 spiro atoms. The van der Waals surface area contributed by atoms with Crippen molar-refractivity contribution in [1.29, 1.82) is 0 Å². The fourth-order valence-electron chi connectivity index (χ4n) is 3.47. The summed E-state index contributed by atoms with van der Waals surface area (Å²) in [6, 6.07) is 18.8. The topological polar surface area (TPSA) is 58.4 Å². The number of carbonyl (C=O) groups excluding carboxylic acids is 1. The van der Waals surface area contributed by atoms with Gasteiger partial charge in [0.05, 0.1) is 6.42 Å². The number of nitrogens with one attached hydrogen (secondary N) is 1. The summed E-state index contributed by atoms with van der Waals surface area (Å²) in [5.41, 5.74) is 8.76. The van der Waals surface area contributed by atoms with Crippen molar-refractivity contribution in [2.24, 2.45) is 0 Å². The van der Waals surface area contributed by atoms with Gasteiger partial charge < -0.3 is 11.1 Å². The number of likely N-dealkylation sites (tertiary alicyclic amines) is 1. The Morgan fingerprint density at radius 2 is 1.67 bits per heavy atom. The molecule has 3 rings (SSSR count). The summed E-state index contributed by atoms with van der Waals surface area (Å²) in [5.74, 6) is 0.0966. The van der Waals surface area contributed by atoms with Gasteiger partial charge in [0.15, 0.2) is 0 Å². The zero-order chi connectivity index (χ0) is 17.6. The van der Waals surface area contributed by atoms with Gasteiger partial charge in [-0.25, -0.2) is 0 Å². The molecule has 1 saturated heterocycles. The highest BCUT2D eigenvalue weighted by atomic mass is 35.5. The molecule has 27 heavy (non-hydrogen) atoms. The highest BCUT2D eigenvalue weighted by Crippen LogP contribution is 2.24. The van der Waals surface area contributed by atoms with Crippen molar-refractivity contribution in [2.45, 2.75) is 38.3 Å². The minimum Gasteiger partial charge on any atom is -0.399 e. The van der Waals surface area contributed by atoms with Crippen LogP contribution in [-0.2, 0) is 11.2 Å². The van der Waals surface area contributed by atoms with E-state index in [4.69, 9.17) is 5.73 Å². The molecule has 0 aromatic heterocycles. The number of nitrogen functional groups attached to an aromatic ring is 1. The predicted molar refractivity (Wildman–Crippen MR) is 117 cm³/mol. The first kappa shape index (κ1) is 23.3. The molecule has 1 fully saturated rings. The number of carbonyl (C=O) groups is 1. The van der Waals surface area contributed by atoms with Crippen LogP contribution in [0.25, 0.3) is 0 Å². The van der Waals surface area contributed by atoms with Crippen molar-refractivity contribution in [3.8, 4) is 0 Å². The van der Waals surface area contributed by atoms with Crippen LogP contribution in [0.2, 0.25) is 0 Å². The van der Waals surface area contributed by atoms with Gasteiger partial charge in [-0.2, -0.15) is 0 Å². The average molecular weight is 410 g/mol. The number of piperidine rings is 1. The Kier molecular flexibility index (Phi) is 9.64. The van der Waals surface area contributed by atoms with Gasteiger partial charge in [-0.3, -0.25) is 9.69 Å². The minimum absolute atomic E-state index is 0. The van der Waals surface area contributed by atoms with Gasteiger partial charge in [-0.05, 0) is 43.0 Å².